The van der Waals surface area contributed by atoms with E-state index < -0.39 is 5.91 Å². The average Bonchev–Trinajstić information content (AvgIpc) is 3.49. The number of nitrogens with zero attached hydrogens (tertiary/aromatic N) is 7. The van der Waals surface area contributed by atoms with Crippen LogP contribution in [0.5, 0.6) is 6.01 Å². The molecule has 1 aromatic heterocycles. The van der Waals surface area contributed by atoms with E-state index in [0.29, 0.717) is 44.5 Å². The molecule has 2 aromatic carbocycles. The lowest BCUT2D eigenvalue weighted by atomic mass is 10.0. The van der Waals surface area contributed by atoms with Gasteiger partial charge in [-0.3, -0.25) is 9.59 Å². The zero-order chi connectivity index (χ0) is 29.2. The second-order valence-electron chi connectivity index (χ2n) is 11.7. The molecular weight excluding hydrogens is 530 g/mol. The topological polar surface area (TPSA) is 86.5 Å². The number of benzene rings is 2. The van der Waals surface area contributed by atoms with E-state index in [1.165, 1.54) is 21.4 Å². The van der Waals surface area contributed by atoms with E-state index in [-0.39, 0.29) is 18.7 Å². The van der Waals surface area contributed by atoms with E-state index >= 15 is 0 Å². The molecule has 1 amide bonds. The lowest BCUT2D eigenvalue weighted by Gasteiger charge is -2.40. The molecule has 10 nitrogen and oxygen atoms in total. The van der Waals surface area contributed by atoms with Crippen LogP contribution in [-0.4, -0.2) is 97.0 Å². The van der Waals surface area contributed by atoms with Crippen LogP contribution >= 0.6 is 0 Å². The molecule has 0 spiro atoms. The number of aromatic nitrogens is 2. The van der Waals surface area contributed by atoms with Gasteiger partial charge in [0.25, 0.3) is 5.91 Å². The summed E-state index contributed by atoms with van der Waals surface area (Å²) in [4.78, 5) is 45.4. The fraction of sp³-hybridized carbons (Fsp3) is 0.469. The first-order chi connectivity index (χ1) is 20.4. The van der Waals surface area contributed by atoms with Crippen molar-refractivity contribution in [3.05, 3.63) is 65.1 Å². The predicted octanol–water partition coefficient (Wildman–Crippen LogP) is 3.19. The molecule has 2 aliphatic heterocycles. The average molecular weight is 568 g/mol. The number of ether oxygens (including phenoxy) is 1. The number of carbonyl (C=O) groups is 2. The molecule has 10 heteroatoms. The molecule has 1 saturated heterocycles. The maximum absolute atomic E-state index is 12.3. The zero-order valence-corrected chi connectivity index (χ0v) is 24.3. The molecule has 3 heterocycles. The summed E-state index contributed by atoms with van der Waals surface area (Å²) in [5, 5.41) is 2.42. The molecule has 218 valence electrons. The number of aldehydes is 1. The van der Waals surface area contributed by atoms with Gasteiger partial charge < -0.3 is 29.2 Å². The Morgan fingerprint density at radius 3 is 2.71 bits per heavy atom. The van der Waals surface area contributed by atoms with Gasteiger partial charge in [0.1, 0.15) is 18.0 Å². The Bertz CT molecular complexity index is 1510. The summed E-state index contributed by atoms with van der Waals surface area (Å²) in [6.07, 6.45) is 4.13. The Labute approximate surface area is 246 Å². The highest BCUT2D eigenvalue weighted by Crippen LogP contribution is 2.35. The quantitative estimate of drug-likeness (QED) is 0.245. The summed E-state index contributed by atoms with van der Waals surface area (Å²) in [5.41, 5.74) is 3.22. The van der Waals surface area contributed by atoms with Crippen molar-refractivity contribution in [3.63, 3.8) is 0 Å². The third-order valence-electron chi connectivity index (χ3n) is 8.96. The van der Waals surface area contributed by atoms with E-state index in [1.807, 2.05) is 0 Å². The molecule has 0 N–H and O–H groups in total. The summed E-state index contributed by atoms with van der Waals surface area (Å²) in [5.74, 6) is 0.252. The summed E-state index contributed by atoms with van der Waals surface area (Å²) in [7, 11) is 4.22. The number of fused-ring (bicyclic) bond motifs is 2. The molecular formula is C32H37N7O3. The van der Waals surface area contributed by atoms with Gasteiger partial charge in [0.05, 0.1) is 12.2 Å². The molecule has 1 aliphatic carbocycles. The van der Waals surface area contributed by atoms with Crippen LogP contribution in [0, 0.1) is 6.57 Å². The Hall–Kier alpha value is -4.23. The third kappa shape index (κ3) is 5.49. The van der Waals surface area contributed by atoms with Crippen molar-refractivity contribution in [2.75, 3.05) is 56.6 Å². The number of piperazine rings is 1. The minimum Gasteiger partial charge on any atom is -0.460 e. The number of rotatable bonds is 7. The van der Waals surface area contributed by atoms with E-state index in [4.69, 9.17) is 21.3 Å². The number of amides is 1. The van der Waals surface area contributed by atoms with Crippen LogP contribution in [0.1, 0.15) is 30.5 Å². The van der Waals surface area contributed by atoms with Crippen LogP contribution in [0.3, 0.4) is 0 Å². The molecule has 6 rings (SSSR count). The van der Waals surface area contributed by atoms with Gasteiger partial charge in [-0.05, 0) is 51.2 Å². The maximum atomic E-state index is 12.3. The fourth-order valence-corrected chi connectivity index (χ4v) is 6.70. The first kappa shape index (κ1) is 27.9. The number of hydrogen-bond acceptors (Lipinski definition) is 8. The zero-order valence-electron chi connectivity index (χ0n) is 24.3. The minimum atomic E-state index is -0.570. The SMILES string of the molecule is [C-]#[N+]CC1CN(c2nc(OC3CCC(N(C)C)C3)nc3c2CCN(c2cccc4ccccc24)C3)CCN1C(=O)C=O. The first-order valence-electron chi connectivity index (χ1n) is 14.7. The molecule has 1 saturated carbocycles. The summed E-state index contributed by atoms with van der Waals surface area (Å²) < 4.78 is 6.46. The van der Waals surface area contributed by atoms with Gasteiger partial charge in [-0.1, -0.05) is 36.4 Å². The molecule has 0 bridgehead atoms. The lowest BCUT2D eigenvalue weighted by molar-refractivity contribution is -0.140. The predicted molar refractivity (Wildman–Crippen MR) is 162 cm³/mol. The van der Waals surface area contributed by atoms with Crippen LogP contribution < -0.4 is 14.5 Å². The van der Waals surface area contributed by atoms with Crippen molar-refractivity contribution in [1.29, 1.82) is 0 Å². The standard InChI is InChI=1S/C32H37N7O3/c1-33-18-24-19-38(15-16-39(24)30(41)21-40)31-27-13-14-37(29-10-6-8-22-7-4-5-9-26(22)29)20-28(27)34-32(35-31)42-25-12-11-23(17-25)36(2)3/h4-10,21,23-25H,11-20H2,2-3H3. The highest BCUT2D eigenvalue weighted by atomic mass is 16.5. The van der Waals surface area contributed by atoms with Gasteiger partial charge >= 0.3 is 6.01 Å². The van der Waals surface area contributed by atoms with Crippen molar-refractivity contribution in [1.82, 2.24) is 19.8 Å². The number of anilines is 2. The van der Waals surface area contributed by atoms with Crippen molar-refractivity contribution in [3.8, 4) is 6.01 Å². The van der Waals surface area contributed by atoms with E-state index in [0.717, 1.165) is 49.3 Å². The first-order valence-corrected chi connectivity index (χ1v) is 14.7. The summed E-state index contributed by atoms with van der Waals surface area (Å²) in [6, 6.07) is 15.3. The smallest absolute Gasteiger partial charge is 0.318 e. The van der Waals surface area contributed by atoms with Crippen molar-refractivity contribution in [2.45, 2.75) is 50.4 Å². The van der Waals surface area contributed by atoms with Crippen LogP contribution in [0.15, 0.2) is 42.5 Å². The summed E-state index contributed by atoms with van der Waals surface area (Å²) >= 11 is 0. The Kier molecular flexibility index (Phi) is 7.94. The Morgan fingerprint density at radius 1 is 1.10 bits per heavy atom. The van der Waals surface area contributed by atoms with Gasteiger partial charge in [0, 0.05) is 48.9 Å². The summed E-state index contributed by atoms with van der Waals surface area (Å²) in [6.45, 7) is 10.4. The fourth-order valence-electron chi connectivity index (χ4n) is 6.70. The monoisotopic (exact) mass is 567 g/mol. The highest BCUT2D eigenvalue weighted by Gasteiger charge is 2.36. The second-order valence-corrected chi connectivity index (χ2v) is 11.7. The third-order valence-corrected chi connectivity index (χ3v) is 8.96. The maximum Gasteiger partial charge on any atom is 0.318 e. The van der Waals surface area contributed by atoms with Gasteiger partial charge in [-0.25, -0.2) is 6.57 Å². The number of carbonyl (C=O) groups excluding carboxylic acids is 2. The van der Waals surface area contributed by atoms with Crippen molar-refractivity contribution in [2.24, 2.45) is 0 Å². The number of hydrogen-bond donors (Lipinski definition) is 0. The van der Waals surface area contributed by atoms with Gasteiger partial charge in [-0.2, -0.15) is 9.97 Å². The van der Waals surface area contributed by atoms with Gasteiger partial charge in [0.2, 0.25) is 12.8 Å². The van der Waals surface area contributed by atoms with E-state index in [9.17, 15) is 9.59 Å². The van der Waals surface area contributed by atoms with Crippen LogP contribution in [0.2, 0.25) is 0 Å². The van der Waals surface area contributed by atoms with Crippen LogP contribution in [-0.2, 0) is 22.6 Å². The molecule has 3 atom stereocenters. The highest BCUT2D eigenvalue weighted by molar-refractivity contribution is 6.23. The largest absolute Gasteiger partial charge is 0.460 e. The van der Waals surface area contributed by atoms with Gasteiger partial charge in [-0.15, -0.1) is 0 Å². The molecule has 3 aromatic rings. The molecule has 2 fully saturated rings. The van der Waals surface area contributed by atoms with Crippen LogP contribution in [0.4, 0.5) is 11.5 Å². The van der Waals surface area contributed by atoms with Crippen molar-refractivity contribution >= 4 is 34.5 Å². The van der Waals surface area contributed by atoms with E-state index in [1.54, 1.807) is 0 Å². The van der Waals surface area contributed by atoms with Crippen molar-refractivity contribution < 1.29 is 14.3 Å². The molecule has 42 heavy (non-hydrogen) atoms. The Balaban J connectivity index is 1.33. The molecule has 0 radical (unpaired) electrons. The second kappa shape index (κ2) is 11.9. The normalized spacial score (nSPS) is 22.2. The van der Waals surface area contributed by atoms with E-state index in [2.05, 4.69) is 76.1 Å². The van der Waals surface area contributed by atoms with Gasteiger partial charge in [0.15, 0.2) is 0 Å². The molecule has 3 unspecified atom stereocenters. The minimum absolute atomic E-state index is 0.0537. The molecule has 3 aliphatic rings. The van der Waals surface area contributed by atoms with Crippen LogP contribution in [0.25, 0.3) is 15.6 Å². The Morgan fingerprint density at radius 2 is 1.93 bits per heavy atom. The lowest BCUT2D eigenvalue weighted by Crippen LogP contribution is -2.57.